The molecule has 0 fully saturated rings. The molecule has 0 atom stereocenters. The van der Waals surface area contributed by atoms with E-state index in [0.29, 0.717) is 18.8 Å². The molecule has 0 saturated carbocycles. The quantitative estimate of drug-likeness (QED) is 0.812. The zero-order valence-corrected chi connectivity index (χ0v) is 14.0. The molecule has 0 saturated heterocycles. The van der Waals surface area contributed by atoms with Gasteiger partial charge < -0.3 is 5.73 Å². The second-order valence-electron chi connectivity index (χ2n) is 4.60. The van der Waals surface area contributed by atoms with Crippen LogP contribution in [0.2, 0.25) is 0 Å². The van der Waals surface area contributed by atoms with Gasteiger partial charge in [-0.15, -0.1) is 0 Å². The lowest BCUT2D eigenvalue weighted by Gasteiger charge is -2.10. The highest BCUT2D eigenvalue weighted by Crippen LogP contribution is 2.25. The van der Waals surface area contributed by atoms with Crippen molar-refractivity contribution >= 4 is 31.6 Å². The van der Waals surface area contributed by atoms with E-state index < -0.39 is 10.0 Å². The second-order valence-corrected chi connectivity index (χ2v) is 7.14. The molecule has 1 aromatic heterocycles. The topological polar surface area (TPSA) is 90.0 Å². The van der Waals surface area contributed by atoms with E-state index in [-0.39, 0.29) is 4.90 Å². The summed E-state index contributed by atoms with van der Waals surface area (Å²) in [6.07, 6.45) is 3.59. The van der Waals surface area contributed by atoms with Crippen LogP contribution in [0.3, 0.4) is 0 Å². The van der Waals surface area contributed by atoms with Crippen LogP contribution < -0.4 is 10.5 Å². The number of halogens is 1. The summed E-state index contributed by atoms with van der Waals surface area (Å²) >= 11 is 3.38. The third kappa shape index (κ3) is 3.84. The number of nitrogens with two attached hydrogens (primary N) is 1. The van der Waals surface area contributed by atoms with E-state index in [1.54, 1.807) is 16.8 Å². The number of hydrogen-bond acceptors (Lipinski definition) is 4. The van der Waals surface area contributed by atoms with Crippen LogP contribution in [0.15, 0.2) is 40.0 Å². The molecule has 1 heterocycles. The highest BCUT2D eigenvalue weighted by Gasteiger charge is 2.18. The number of sulfonamides is 1. The molecule has 0 aliphatic carbocycles. The van der Waals surface area contributed by atoms with Gasteiger partial charge in [0, 0.05) is 17.2 Å². The van der Waals surface area contributed by atoms with Crippen molar-refractivity contribution in [3.8, 4) is 0 Å². The van der Waals surface area contributed by atoms with Gasteiger partial charge in [-0.25, -0.2) is 8.42 Å². The summed E-state index contributed by atoms with van der Waals surface area (Å²) in [5.74, 6) is 0. The van der Waals surface area contributed by atoms with Crippen molar-refractivity contribution in [2.75, 3.05) is 11.3 Å². The van der Waals surface area contributed by atoms with Crippen molar-refractivity contribution < 1.29 is 8.42 Å². The molecule has 114 valence electrons. The molecule has 0 unspecified atom stereocenters. The van der Waals surface area contributed by atoms with Crippen LogP contribution >= 0.6 is 15.9 Å². The molecule has 0 bridgehead atoms. The minimum atomic E-state index is -3.64. The van der Waals surface area contributed by atoms with Crippen molar-refractivity contribution in [2.24, 2.45) is 5.73 Å². The van der Waals surface area contributed by atoms with Crippen molar-refractivity contribution in [1.29, 1.82) is 0 Å². The van der Waals surface area contributed by atoms with E-state index in [1.807, 2.05) is 13.0 Å². The molecule has 2 rings (SSSR count). The van der Waals surface area contributed by atoms with E-state index in [1.165, 1.54) is 12.4 Å². The standard InChI is InChI=1S/C13H17BrN4O2S/c1-10-12(14)4-2-5-13(10)17-21(19,20)11-8-16-18(9-11)7-3-6-15/h2,4-5,8-9,17H,3,6-7,15H2,1H3. The molecule has 0 amide bonds. The zero-order valence-electron chi connectivity index (χ0n) is 11.6. The van der Waals surface area contributed by atoms with Gasteiger partial charge in [0.15, 0.2) is 0 Å². The summed E-state index contributed by atoms with van der Waals surface area (Å²) in [6.45, 7) is 2.98. The van der Waals surface area contributed by atoms with Gasteiger partial charge in [0.1, 0.15) is 4.90 Å². The molecule has 6 nitrogen and oxygen atoms in total. The lowest BCUT2D eigenvalue weighted by molar-refractivity contribution is 0.582. The summed E-state index contributed by atoms with van der Waals surface area (Å²) in [6, 6.07) is 5.36. The van der Waals surface area contributed by atoms with Gasteiger partial charge in [-0.05, 0) is 37.6 Å². The Hall–Kier alpha value is -1.38. The molecule has 21 heavy (non-hydrogen) atoms. The summed E-state index contributed by atoms with van der Waals surface area (Å²) in [7, 11) is -3.64. The number of nitrogens with one attached hydrogen (secondary N) is 1. The predicted molar refractivity (Wildman–Crippen MR) is 85.6 cm³/mol. The Kier molecular flexibility index (Phi) is 5.02. The molecule has 3 N–H and O–H groups in total. The van der Waals surface area contributed by atoms with Crippen LogP contribution in [-0.2, 0) is 16.6 Å². The maximum Gasteiger partial charge on any atom is 0.265 e. The highest BCUT2D eigenvalue weighted by atomic mass is 79.9. The Balaban J connectivity index is 2.22. The number of rotatable bonds is 6. The molecular formula is C13H17BrN4O2S. The van der Waals surface area contributed by atoms with E-state index in [4.69, 9.17) is 5.73 Å². The molecule has 2 aromatic rings. The lowest BCUT2D eigenvalue weighted by atomic mass is 10.2. The molecule has 0 aliphatic heterocycles. The van der Waals surface area contributed by atoms with Crippen molar-refractivity contribution in [3.63, 3.8) is 0 Å². The SMILES string of the molecule is Cc1c(Br)cccc1NS(=O)(=O)c1cnn(CCCN)c1. The zero-order chi connectivity index (χ0) is 15.5. The van der Waals surface area contributed by atoms with E-state index in [0.717, 1.165) is 16.5 Å². The molecule has 1 aromatic carbocycles. The maximum atomic E-state index is 12.3. The fraction of sp³-hybridized carbons (Fsp3) is 0.308. The Labute approximate surface area is 132 Å². The van der Waals surface area contributed by atoms with Crippen LogP contribution in [0.5, 0.6) is 0 Å². The van der Waals surface area contributed by atoms with Crippen LogP contribution in [0.25, 0.3) is 0 Å². The van der Waals surface area contributed by atoms with Gasteiger partial charge in [0.05, 0.1) is 11.9 Å². The third-order valence-electron chi connectivity index (χ3n) is 3.02. The Bertz CT molecular complexity index is 728. The summed E-state index contributed by atoms with van der Waals surface area (Å²) in [4.78, 5) is 0.138. The van der Waals surface area contributed by atoms with Crippen molar-refractivity contribution in [3.05, 3.63) is 40.6 Å². The highest BCUT2D eigenvalue weighted by molar-refractivity contribution is 9.10. The van der Waals surface area contributed by atoms with Gasteiger partial charge in [-0.3, -0.25) is 9.40 Å². The normalized spacial score (nSPS) is 11.6. The average Bonchev–Trinajstić information content (AvgIpc) is 2.91. The fourth-order valence-corrected chi connectivity index (χ4v) is 3.22. The first-order valence-electron chi connectivity index (χ1n) is 6.44. The Morgan fingerprint density at radius 1 is 1.43 bits per heavy atom. The largest absolute Gasteiger partial charge is 0.330 e. The first-order chi connectivity index (χ1) is 9.94. The fourth-order valence-electron chi connectivity index (χ4n) is 1.78. The van der Waals surface area contributed by atoms with E-state index >= 15 is 0 Å². The van der Waals surface area contributed by atoms with Crippen LogP contribution in [-0.4, -0.2) is 24.7 Å². The number of aromatic nitrogens is 2. The minimum absolute atomic E-state index is 0.138. The molecule has 0 radical (unpaired) electrons. The first-order valence-corrected chi connectivity index (χ1v) is 8.72. The summed E-state index contributed by atoms with van der Waals surface area (Å²) in [5.41, 5.74) is 6.80. The van der Waals surface area contributed by atoms with Crippen LogP contribution in [0, 0.1) is 6.92 Å². The van der Waals surface area contributed by atoms with Crippen LogP contribution in [0.4, 0.5) is 5.69 Å². The molecule has 8 heteroatoms. The summed E-state index contributed by atoms with van der Waals surface area (Å²) < 4.78 is 29.7. The third-order valence-corrected chi connectivity index (χ3v) is 5.20. The van der Waals surface area contributed by atoms with Gasteiger partial charge >= 0.3 is 0 Å². The van der Waals surface area contributed by atoms with Gasteiger partial charge in [-0.1, -0.05) is 22.0 Å². The molecular weight excluding hydrogens is 356 g/mol. The monoisotopic (exact) mass is 372 g/mol. The number of aryl methyl sites for hydroxylation is 1. The Morgan fingerprint density at radius 2 is 2.19 bits per heavy atom. The number of anilines is 1. The maximum absolute atomic E-state index is 12.3. The van der Waals surface area contributed by atoms with Gasteiger partial charge in [0.2, 0.25) is 0 Å². The second kappa shape index (κ2) is 6.59. The first kappa shape index (κ1) is 16.0. The lowest BCUT2D eigenvalue weighted by Crippen LogP contribution is -2.13. The minimum Gasteiger partial charge on any atom is -0.330 e. The number of benzene rings is 1. The van der Waals surface area contributed by atoms with E-state index in [9.17, 15) is 8.42 Å². The van der Waals surface area contributed by atoms with Crippen LogP contribution in [0.1, 0.15) is 12.0 Å². The predicted octanol–water partition coefficient (Wildman–Crippen LogP) is 2.10. The van der Waals surface area contributed by atoms with Crippen molar-refractivity contribution in [1.82, 2.24) is 9.78 Å². The van der Waals surface area contributed by atoms with Gasteiger partial charge in [0.25, 0.3) is 10.0 Å². The van der Waals surface area contributed by atoms with Gasteiger partial charge in [-0.2, -0.15) is 5.10 Å². The summed E-state index contributed by atoms with van der Waals surface area (Å²) in [5, 5.41) is 4.03. The molecule has 0 aliphatic rings. The smallest absolute Gasteiger partial charge is 0.265 e. The number of nitrogens with zero attached hydrogens (tertiary/aromatic N) is 2. The molecule has 0 spiro atoms. The van der Waals surface area contributed by atoms with E-state index in [2.05, 4.69) is 25.8 Å². The van der Waals surface area contributed by atoms with Crippen molar-refractivity contribution in [2.45, 2.75) is 24.8 Å². The average molecular weight is 373 g/mol. The number of hydrogen-bond donors (Lipinski definition) is 2. The Morgan fingerprint density at radius 3 is 2.90 bits per heavy atom.